The molecule has 0 saturated heterocycles. The van der Waals surface area contributed by atoms with Gasteiger partial charge in [-0.05, 0) is 41.2 Å². The number of methoxy groups -OCH3 is 1. The lowest BCUT2D eigenvalue weighted by Gasteiger charge is -2.20. The lowest BCUT2D eigenvalue weighted by Crippen LogP contribution is -2.28. The Morgan fingerprint density at radius 2 is 1.80 bits per heavy atom. The number of hydrogen-bond donors (Lipinski definition) is 1. The van der Waals surface area contributed by atoms with Gasteiger partial charge in [0.2, 0.25) is 0 Å². The average molecular weight is 275 g/mol. The molecule has 2 nitrogen and oxygen atoms in total. The molecule has 1 aromatic rings. The van der Waals surface area contributed by atoms with Crippen molar-refractivity contribution in [3.8, 4) is 0 Å². The first-order valence-corrected chi connectivity index (χ1v) is 7.74. The summed E-state index contributed by atoms with van der Waals surface area (Å²) in [5.41, 5.74) is 3.66. The summed E-state index contributed by atoms with van der Waals surface area (Å²) in [6.45, 7) is 9.69. The van der Waals surface area contributed by atoms with Gasteiger partial charge in [0, 0.05) is 20.2 Å². The molecule has 2 heteroatoms. The SMILES string of the molecule is COCCNCC1(Cc2ccc(C(C)(C)C)cc2)CC1. The van der Waals surface area contributed by atoms with Crippen LogP contribution in [0.2, 0.25) is 0 Å². The van der Waals surface area contributed by atoms with E-state index in [0.717, 1.165) is 19.7 Å². The quantitative estimate of drug-likeness (QED) is 0.769. The van der Waals surface area contributed by atoms with E-state index in [2.05, 4.69) is 50.4 Å². The molecule has 1 saturated carbocycles. The monoisotopic (exact) mass is 275 g/mol. The highest BCUT2D eigenvalue weighted by molar-refractivity contribution is 5.28. The number of benzene rings is 1. The van der Waals surface area contributed by atoms with Gasteiger partial charge in [-0.3, -0.25) is 0 Å². The van der Waals surface area contributed by atoms with Crippen LogP contribution in [0.4, 0.5) is 0 Å². The summed E-state index contributed by atoms with van der Waals surface area (Å²) in [7, 11) is 1.76. The van der Waals surface area contributed by atoms with Gasteiger partial charge in [0.15, 0.2) is 0 Å². The maximum Gasteiger partial charge on any atom is 0.0587 e. The standard InChI is InChI=1S/C18H29NO/c1-17(2,3)16-7-5-15(6-8-16)13-18(9-10-18)14-19-11-12-20-4/h5-8,19H,9-14H2,1-4H3. The minimum atomic E-state index is 0.248. The Bertz CT molecular complexity index is 412. The molecule has 1 N–H and O–H groups in total. The van der Waals surface area contributed by atoms with Crippen molar-refractivity contribution in [3.05, 3.63) is 35.4 Å². The predicted molar refractivity (Wildman–Crippen MR) is 85.3 cm³/mol. The molecule has 0 atom stereocenters. The van der Waals surface area contributed by atoms with Crippen LogP contribution in [-0.4, -0.2) is 26.8 Å². The van der Waals surface area contributed by atoms with Crippen molar-refractivity contribution in [2.75, 3.05) is 26.8 Å². The van der Waals surface area contributed by atoms with Gasteiger partial charge in [-0.25, -0.2) is 0 Å². The number of ether oxygens (including phenoxy) is 1. The Kier molecular flexibility index (Phi) is 4.87. The van der Waals surface area contributed by atoms with Crippen LogP contribution in [0.3, 0.4) is 0 Å². The third kappa shape index (κ3) is 4.32. The van der Waals surface area contributed by atoms with Crippen molar-refractivity contribution >= 4 is 0 Å². The minimum Gasteiger partial charge on any atom is -0.383 e. The second-order valence-corrected chi connectivity index (χ2v) is 7.29. The van der Waals surface area contributed by atoms with Crippen molar-refractivity contribution in [2.24, 2.45) is 5.41 Å². The first-order valence-electron chi connectivity index (χ1n) is 7.74. The summed E-state index contributed by atoms with van der Waals surface area (Å²) in [6, 6.07) is 9.22. The van der Waals surface area contributed by atoms with E-state index in [1.807, 2.05) is 0 Å². The van der Waals surface area contributed by atoms with E-state index in [-0.39, 0.29) is 5.41 Å². The van der Waals surface area contributed by atoms with E-state index in [1.165, 1.54) is 30.4 Å². The fraction of sp³-hybridized carbons (Fsp3) is 0.667. The van der Waals surface area contributed by atoms with E-state index in [4.69, 9.17) is 4.74 Å². The summed E-state index contributed by atoms with van der Waals surface area (Å²) in [5, 5.41) is 3.52. The van der Waals surface area contributed by atoms with Crippen LogP contribution >= 0.6 is 0 Å². The van der Waals surface area contributed by atoms with Crippen LogP contribution in [-0.2, 0) is 16.6 Å². The molecule has 2 rings (SSSR count). The van der Waals surface area contributed by atoms with Crippen LogP contribution in [0.5, 0.6) is 0 Å². The second-order valence-electron chi connectivity index (χ2n) is 7.29. The van der Waals surface area contributed by atoms with Crippen LogP contribution < -0.4 is 5.32 Å². The van der Waals surface area contributed by atoms with Gasteiger partial charge in [-0.2, -0.15) is 0 Å². The summed E-state index contributed by atoms with van der Waals surface area (Å²) < 4.78 is 5.08. The number of hydrogen-bond acceptors (Lipinski definition) is 2. The van der Waals surface area contributed by atoms with Gasteiger partial charge >= 0.3 is 0 Å². The third-order valence-electron chi connectivity index (χ3n) is 4.34. The van der Waals surface area contributed by atoms with Crippen LogP contribution in [0.1, 0.15) is 44.7 Å². The molecular formula is C18H29NO. The van der Waals surface area contributed by atoms with Gasteiger partial charge in [0.25, 0.3) is 0 Å². The van der Waals surface area contributed by atoms with Crippen LogP contribution in [0.15, 0.2) is 24.3 Å². The fourth-order valence-corrected chi connectivity index (χ4v) is 2.68. The molecular weight excluding hydrogens is 246 g/mol. The van der Waals surface area contributed by atoms with Crippen molar-refractivity contribution in [1.29, 1.82) is 0 Å². The molecule has 0 bridgehead atoms. The molecule has 112 valence electrons. The average Bonchev–Trinajstić information content (AvgIpc) is 3.14. The highest BCUT2D eigenvalue weighted by Crippen LogP contribution is 2.47. The zero-order chi connectivity index (χ0) is 14.6. The van der Waals surface area contributed by atoms with Gasteiger partial charge < -0.3 is 10.1 Å². The lowest BCUT2D eigenvalue weighted by atomic mass is 9.86. The Balaban J connectivity index is 1.87. The Morgan fingerprint density at radius 3 is 2.30 bits per heavy atom. The summed E-state index contributed by atoms with van der Waals surface area (Å²) in [5.74, 6) is 0. The first kappa shape index (κ1) is 15.5. The Morgan fingerprint density at radius 1 is 1.15 bits per heavy atom. The molecule has 1 aliphatic rings. The van der Waals surface area contributed by atoms with Gasteiger partial charge in [0.05, 0.1) is 6.61 Å². The van der Waals surface area contributed by atoms with Crippen molar-refractivity contribution in [3.63, 3.8) is 0 Å². The summed E-state index contributed by atoms with van der Waals surface area (Å²) in [4.78, 5) is 0. The van der Waals surface area contributed by atoms with Crippen molar-refractivity contribution < 1.29 is 4.74 Å². The largest absolute Gasteiger partial charge is 0.383 e. The molecule has 0 heterocycles. The molecule has 0 aliphatic heterocycles. The van der Waals surface area contributed by atoms with Crippen LogP contribution in [0, 0.1) is 5.41 Å². The Labute approximate surface area is 123 Å². The van der Waals surface area contributed by atoms with Crippen molar-refractivity contribution in [1.82, 2.24) is 5.32 Å². The van der Waals surface area contributed by atoms with E-state index in [1.54, 1.807) is 7.11 Å². The molecule has 0 spiro atoms. The van der Waals surface area contributed by atoms with Crippen LogP contribution in [0.25, 0.3) is 0 Å². The second kappa shape index (κ2) is 6.28. The zero-order valence-electron chi connectivity index (χ0n) is 13.5. The molecule has 0 aromatic heterocycles. The molecule has 0 radical (unpaired) electrons. The van der Waals surface area contributed by atoms with Crippen molar-refractivity contribution in [2.45, 2.75) is 45.4 Å². The number of nitrogens with one attached hydrogen (secondary N) is 1. The molecule has 1 aromatic carbocycles. The topological polar surface area (TPSA) is 21.3 Å². The van der Waals surface area contributed by atoms with Gasteiger partial charge in [0.1, 0.15) is 0 Å². The predicted octanol–water partition coefficient (Wildman–Crippen LogP) is 3.54. The maximum atomic E-state index is 5.08. The number of rotatable bonds is 7. The summed E-state index contributed by atoms with van der Waals surface area (Å²) >= 11 is 0. The smallest absolute Gasteiger partial charge is 0.0587 e. The fourth-order valence-electron chi connectivity index (χ4n) is 2.68. The highest BCUT2D eigenvalue weighted by atomic mass is 16.5. The molecule has 1 aliphatic carbocycles. The van der Waals surface area contributed by atoms with E-state index >= 15 is 0 Å². The lowest BCUT2D eigenvalue weighted by molar-refractivity contribution is 0.197. The third-order valence-corrected chi connectivity index (χ3v) is 4.34. The van der Waals surface area contributed by atoms with E-state index < -0.39 is 0 Å². The molecule has 20 heavy (non-hydrogen) atoms. The Hall–Kier alpha value is -0.860. The van der Waals surface area contributed by atoms with E-state index in [0.29, 0.717) is 5.41 Å². The molecule has 0 unspecified atom stereocenters. The zero-order valence-corrected chi connectivity index (χ0v) is 13.5. The maximum absolute atomic E-state index is 5.08. The highest BCUT2D eigenvalue weighted by Gasteiger charge is 2.41. The summed E-state index contributed by atoms with van der Waals surface area (Å²) in [6.07, 6.45) is 3.92. The molecule has 1 fully saturated rings. The van der Waals surface area contributed by atoms with Gasteiger partial charge in [-0.15, -0.1) is 0 Å². The first-order chi connectivity index (χ1) is 9.45. The minimum absolute atomic E-state index is 0.248. The normalized spacial score (nSPS) is 17.2. The molecule has 0 amide bonds. The van der Waals surface area contributed by atoms with E-state index in [9.17, 15) is 0 Å². The van der Waals surface area contributed by atoms with Gasteiger partial charge in [-0.1, -0.05) is 45.0 Å².